The fourth-order valence-corrected chi connectivity index (χ4v) is 2.48. The molecule has 0 spiro atoms. The molecule has 1 aromatic carbocycles. The van der Waals surface area contributed by atoms with Crippen molar-refractivity contribution in [2.24, 2.45) is 11.8 Å². The second kappa shape index (κ2) is 5.48. The van der Waals surface area contributed by atoms with Crippen molar-refractivity contribution in [1.82, 2.24) is 4.90 Å². The van der Waals surface area contributed by atoms with Crippen LogP contribution in [-0.4, -0.2) is 42.1 Å². The summed E-state index contributed by atoms with van der Waals surface area (Å²) in [5.74, 6) is -2.05. The van der Waals surface area contributed by atoms with Gasteiger partial charge in [0.1, 0.15) is 5.82 Å². The normalized spacial score (nSPS) is 21.9. The van der Waals surface area contributed by atoms with Crippen molar-refractivity contribution in [3.05, 3.63) is 30.1 Å². The number of nitrogens with zero attached hydrogens (tertiary/aromatic N) is 2. The molecule has 1 aromatic rings. The van der Waals surface area contributed by atoms with E-state index in [0.717, 1.165) is 0 Å². The molecule has 0 bridgehead atoms. The van der Waals surface area contributed by atoms with Crippen molar-refractivity contribution in [3.63, 3.8) is 0 Å². The molecule has 20 heavy (non-hydrogen) atoms. The number of para-hydroxylation sites is 1. The minimum absolute atomic E-state index is 0.106. The topological polar surface area (TPSA) is 60.9 Å². The summed E-state index contributed by atoms with van der Waals surface area (Å²) in [4.78, 5) is 26.0. The predicted molar refractivity (Wildman–Crippen MR) is 72.1 cm³/mol. The minimum Gasteiger partial charge on any atom is -0.481 e. The van der Waals surface area contributed by atoms with Crippen molar-refractivity contribution >= 4 is 17.7 Å². The average molecular weight is 280 g/mol. The van der Waals surface area contributed by atoms with Gasteiger partial charge in [-0.15, -0.1) is 0 Å². The Morgan fingerprint density at radius 1 is 1.35 bits per heavy atom. The summed E-state index contributed by atoms with van der Waals surface area (Å²) in [6, 6.07) is 5.61. The number of likely N-dealkylation sites (tertiary alicyclic amines) is 1. The number of halogens is 1. The van der Waals surface area contributed by atoms with Gasteiger partial charge >= 0.3 is 12.0 Å². The quantitative estimate of drug-likeness (QED) is 0.901. The lowest BCUT2D eigenvalue weighted by Crippen LogP contribution is -2.40. The Labute approximate surface area is 116 Å². The van der Waals surface area contributed by atoms with Gasteiger partial charge < -0.3 is 10.0 Å². The number of carbonyl (C=O) groups is 2. The van der Waals surface area contributed by atoms with E-state index in [2.05, 4.69) is 0 Å². The molecule has 2 unspecified atom stereocenters. The molecule has 1 aliphatic rings. The maximum absolute atomic E-state index is 13.7. The lowest BCUT2D eigenvalue weighted by atomic mass is 9.99. The number of carboxylic acid groups (broad SMARTS) is 1. The van der Waals surface area contributed by atoms with Crippen molar-refractivity contribution in [2.45, 2.75) is 6.92 Å². The van der Waals surface area contributed by atoms with Crippen LogP contribution in [0.15, 0.2) is 24.3 Å². The van der Waals surface area contributed by atoms with E-state index >= 15 is 0 Å². The number of carboxylic acids is 1. The monoisotopic (exact) mass is 280 g/mol. The Morgan fingerprint density at radius 2 is 2.00 bits per heavy atom. The standard InChI is InChI=1S/C14H17FN2O3/c1-9-7-17(8-10(9)13(18)19)14(20)16(2)12-6-4-3-5-11(12)15/h3-6,9-10H,7-8H2,1-2H3,(H,18,19). The van der Waals surface area contributed by atoms with Gasteiger partial charge in [0.25, 0.3) is 0 Å². The molecule has 6 heteroatoms. The van der Waals surface area contributed by atoms with Gasteiger partial charge in [-0.3, -0.25) is 9.69 Å². The van der Waals surface area contributed by atoms with Crippen LogP contribution in [-0.2, 0) is 4.79 Å². The number of hydrogen-bond donors (Lipinski definition) is 1. The van der Waals surface area contributed by atoms with E-state index in [4.69, 9.17) is 5.11 Å². The first-order valence-electron chi connectivity index (χ1n) is 6.41. The third-order valence-corrected chi connectivity index (χ3v) is 3.70. The summed E-state index contributed by atoms with van der Waals surface area (Å²) < 4.78 is 13.7. The Balaban J connectivity index is 2.13. The number of benzene rings is 1. The average Bonchev–Trinajstić information content (AvgIpc) is 2.80. The molecule has 1 aliphatic heterocycles. The number of aliphatic carboxylic acids is 1. The molecule has 0 aliphatic carbocycles. The molecule has 2 atom stereocenters. The first-order valence-corrected chi connectivity index (χ1v) is 6.41. The van der Waals surface area contributed by atoms with E-state index in [1.54, 1.807) is 19.1 Å². The van der Waals surface area contributed by atoms with Crippen LogP contribution in [0, 0.1) is 17.7 Å². The smallest absolute Gasteiger partial charge is 0.324 e. The minimum atomic E-state index is -0.902. The Hall–Kier alpha value is -2.11. The molecule has 0 saturated carbocycles. The summed E-state index contributed by atoms with van der Waals surface area (Å²) in [6.45, 7) is 2.33. The molecule has 108 valence electrons. The molecular formula is C14H17FN2O3. The summed E-state index contributed by atoms with van der Waals surface area (Å²) in [5.41, 5.74) is 0.184. The largest absolute Gasteiger partial charge is 0.481 e. The molecule has 1 heterocycles. The molecule has 0 radical (unpaired) electrons. The van der Waals surface area contributed by atoms with Crippen LogP contribution in [0.3, 0.4) is 0 Å². The molecule has 2 rings (SSSR count). The Morgan fingerprint density at radius 3 is 2.55 bits per heavy atom. The first kappa shape index (κ1) is 14.3. The summed E-state index contributed by atoms with van der Waals surface area (Å²) in [7, 11) is 1.49. The molecule has 1 N–H and O–H groups in total. The van der Waals surface area contributed by atoms with E-state index in [-0.39, 0.29) is 24.2 Å². The zero-order valence-electron chi connectivity index (χ0n) is 11.4. The van der Waals surface area contributed by atoms with Crippen LogP contribution >= 0.6 is 0 Å². The van der Waals surface area contributed by atoms with Crippen LogP contribution in [0.4, 0.5) is 14.9 Å². The van der Waals surface area contributed by atoms with Gasteiger partial charge in [-0.2, -0.15) is 0 Å². The lowest BCUT2D eigenvalue weighted by molar-refractivity contribution is -0.142. The zero-order chi connectivity index (χ0) is 14.9. The van der Waals surface area contributed by atoms with Crippen LogP contribution in [0.1, 0.15) is 6.92 Å². The maximum atomic E-state index is 13.7. The molecule has 0 aromatic heterocycles. The Kier molecular flexibility index (Phi) is 3.92. The van der Waals surface area contributed by atoms with Gasteiger partial charge in [0.2, 0.25) is 0 Å². The number of carbonyl (C=O) groups excluding carboxylic acids is 1. The zero-order valence-corrected chi connectivity index (χ0v) is 11.4. The van der Waals surface area contributed by atoms with Gasteiger partial charge in [0.05, 0.1) is 11.6 Å². The Bertz CT molecular complexity index is 535. The third-order valence-electron chi connectivity index (χ3n) is 3.70. The number of anilines is 1. The number of amides is 2. The first-order chi connectivity index (χ1) is 9.41. The number of urea groups is 1. The molecule has 2 amide bonds. The highest BCUT2D eigenvalue weighted by atomic mass is 19.1. The molecule has 1 saturated heterocycles. The predicted octanol–water partition coefficient (Wildman–Crippen LogP) is 2.03. The third kappa shape index (κ3) is 2.59. The van der Waals surface area contributed by atoms with E-state index in [1.807, 2.05) is 0 Å². The van der Waals surface area contributed by atoms with Crippen LogP contribution < -0.4 is 4.90 Å². The van der Waals surface area contributed by atoms with Crippen LogP contribution in [0.5, 0.6) is 0 Å². The van der Waals surface area contributed by atoms with Crippen molar-refractivity contribution in [3.8, 4) is 0 Å². The molecule has 5 nitrogen and oxygen atoms in total. The lowest BCUT2D eigenvalue weighted by Gasteiger charge is -2.24. The molecule has 1 fully saturated rings. The SMILES string of the molecule is CC1CN(C(=O)N(C)c2ccccc2F)CC1C(=O)O. The highest BCUT2D eigenvalue weighted by Gasteiger charge is 2.38. The van der Waals surface area contributed by atoms with E-state index in [9.17, 15) is 14.0 Å². The van der Waals surface area contributed by atoms with Gasteiger partial charge in [-0.1, -0.05) is 19.1 Å². The maximum Gasteiger partial charge on any atom is 0.324 e. The summed E-state index contributed by atoms with van der Waals surface area (Å²) in [6.07, 6.45) is 0. The van der Waals surface area contributed by atoms with E-state index in [1.165, 1.54) is 29.0 Å². The number of rotatable bonds is 2. The summed E-state index contributed by atoms with van der Waals surface area (Å²) in [5, 5.41) is 9.07. The van der Waals surface area contributed by atoms with Crippen LogP contribution in [0.2, 0.25) is 0 Å². The van der Waals surface area contributed by atoms with Gasteiger partial charge in [-0.25, -0.2) is 9.18 Å². The summed E-state index contributed by atoms with van der Waals surface area (Å²) >= 11 is 0. The fourth-order valence-electron chi connectivity index (χ4n) is 2.48. The number of hydrogen-bond acceptors (Lipinski definition) is 2. The van der Waals surface area contributed by atoms with Crippen LogP contribution in [0.25, 0.3) is 0 Å². The van der Waals surface area contributed by atoms with E-state index < -0.39 is 17.7 Å². The second-order valence-corrected chi connectivity index (χ2v) is 5.12. The van der Waals surface area contributed by atoms with Gasteiger partial charge in [-0.05, 0) is 18.1 Å². The van der Waals surface area contributed by atoms with Gasteiger partial charge in [0, 0.05) is 20.1 Å². The van der Waals surface area contributed by atoms with E-state index in [0.29, 0.717) is 6.54 Å². The highest BCUT2D eigenvalue weighted by Crippen LogP contribution is 2.26. The fraction of sp³-hybridized carbons (Fsp3) is 0.429. The molecular weight excluding hydrogens is 263 g/mol. The van der Waals surface area contributed by atoms with Gasteiger partial charge in [0.15, 0.2) is 0 Å². The second-order valence-electron chi connectivity index (χ2n) is 5.12. The van der Waals surface area contributed by atoms with Crippen molar-refractivity contribution < 1.29 is 19.1 Å². The van der Waals surface area contributed by atoms with Crippen molar-refractivity contribution in [1.29, 1.82) is 0 Å². The van der Waals surface area contributed by atoms with Crippen molar-refractivity contribution in [2.75, 3.05) is 25.0 Å². The highest BCUT2D eigenvalue weighted by molar-refractivity contribution is 5.92.